The van der Waals surface area contributed by atoms with Crippen LogP contribution in [0.25, 0.3) is 6.08 Å². The van der Waals surface area contributed by atoms with Gasteiger partial charge < -0.3 is 14.2 Å². The lowest BCUT2D eigenvalue weighted by molar-refractivity contribution is -0.386. The number of hydrogen-bond donors (Lipinski definition) is 0. The summed E-state index contributed by atoms with van der Waals surface area (Å²) in [5.41, 5.74) is -0.0236. The minimum atomic E-state index is -3.19. The number of methoxy groups -OCH3 is 1. The minimum absolute atomic E-state index is 0.0528. The zero-order valence-corrected chi connectivity index (χ0v) is 15.2. The van der Waals surface area contributed by atoms with Gasteiger partial charge in [-0.15, -0.1) is 0 Å². The normalized spacial score (nSPS) is 10.9. The number of esters is 1. The maximum Gasteiger partial charge on any atom is 0.387 e. The van der Waals surface area contributed by atoms with E-state index in [0.717, 1.165) is 18.2 Å². The van der Waals surface area contributed by atoms with Gasteiger partial charge in [-0.05, 0) is 23.8 Å². The van der Waals surface area contributed by atoms with Crippen LogP contribution in [0.15, 0.2) is 42.5 Å². The first kappa shape index (κ1) is 21.1. The van der Waals surface area contributed by atoms with Gasteiger partial charge in [0.15, 0.2) is 11.5 Å². The van der Waals surface area contributed by atoms with Crippen molar-refractivity contribution in [3.63, 3.8) is 0 Å². The average Bonchev–Trinajstić information content (AvgIpc) is 2.65. The number of nitro groups is 1. The quantitative estimate of drug-likeness (QED) is 0.272. The molecule has 0 bridgehead atoms. The molecule has 0 radical (unpaired) electrons. The van der Waals surface area contributed by atoms with Crippen molar-refractivity contribution < 1.29 is 32.7 Å². The molecule has 0 fully saturated rings. The molecule has 0 aliphatic heterocycles. The van der Waals surface area contributed by atoms with Gasteiger partial charge in [-0.25, -0.2) is 4.79 Å². The molecule has 0 aliphatic rings. The van der Waals surface area contributed by atoms with Crippen LogP contribution in [-0.2, 0) is 16.1 Å². The number of nitro benzene ring substituents is 1. The van der Waals surface area contributed by atoms with Crippen LogP contribution in [0.5, 0.6) is 11.5 Å². The maximum absolute atomic E-state index is 12.4. The first-order valence-corrected chi connectivity index (χ1v) is 8.09. The standard InChI is InChI=1S/C18H14ClF2NO6/c1-26-15-8-12(14(22(24)25)9-16(15)28-18(20)21)10-27-17(23)7-6-11-4-2-3-5-13(11)19/h2-9,18H,10H2,1H3/b7-6+. The predicted molar refractivity (Wildman–Crippen MR) is 96.6 cm³/mol. The molecule has 0 aliphatic carbocycles. The van der Waals surface area contributed by atoms with Crippen LogP contribution in [-0.4, -0.2) is 24.6 Å². The molecule has 0 atom stereocenters. The molecule has 148 valence electrons. The van der Waals surface area contributed by atoms with Crippen LogP contribution in [0.3, 0.4) is 0 Å². The van der Waals surface area contributed by atoms with E-state index in [0.29, 0.717) is 10.6 Å². The fourth-order valence-corrected chi connectivity index (χ4v) is 2.39. The van der Waals surface area contributed by atoms with Gasteiger partial charge in [0.2, 0.25) is 0 Å². The number of rotatable bonds is 8. The summed E-state index contributed by atoms with van der Waals surface area (Å²) in [6.45, 7) is -3.67. The van der Waals surface area contributed by atoms with Crippen molar-refractivity contribution in [1.29, 1.82) is 0 Å². The molecule has 7 nitrogen and oxygen atoms in total. The highest BCUT2D eigenvalue weighted by Crippen LogP contribution is 2.36. The van der Waals surface area contributed by atoms with Gasteiger partial charge in [0.1, 0.15) is 6.61 Å². The summed E-state index contributed by atoms with van der Waals surface area (Å²) in [5, 5.41) is 11.6. The Balaban J connectivity index is 2.17. The van der Waals surface area contributed by atoms with E-state index in [9.17, 15) is 23.7 Å². The fraction of sp³-hybridized carbons (Fsp3) is 0.167. The van der Waals surface area contributed by atoms with Gasteiger partial charge in [0, 0.05) is 11.1 Å². The lowest BCUT2D eigenvalue weighted by Gasteiger charge is -2.12. The molecule has 0 heterocycles. The number of hydrogen-bond acceptors (Lipinski definition) is 6. The van der Waals surface area contributed by atoms with Crippen molar-refractivity contribution in [2.75, 3.05) is 7.11 Å². The second-order valence-electron chi connectivity index (χ2n) is 5.23. The molecule has 2 aromatic rings. The molecule has 2 rings (SSSR count). The summed E-state index contributed by atoms with van der Waals surface area (Å²) in [4.78, 5) is 22.3. The summed E-state index contributed by atoms with van der Waals surface area (Å²) >= 11 is 5.96. The first-order chi connectivity index (χ1) is 13.3. The van der Waals surface area contributed by atoms with Crippen molar-refractivity contribution >= 4 is 29.3 Å². The van der Waals surface area contributed by atoms with Crippen molar-refractivity contribution in [2.45, 2.75) is 13.2 Å². The molecular formula is C18H14ClF2NO6. The molecule has 0 amide bonds. The lowest BCUT2D eigenvalue weighted by atomic mass is 10.1. The largest absolute Gasteiger partial charge is 0.493 e. The van der Waals surface area contributed by atoms with Crippen molar-refractivity contribution in [1.82, 2.24) is 0 Å². The average molecular weight is 414 g/mol. The van der Waals surface area contributed by atoms with Crippen molar-refractivity contribution in [3.05, 3.63) is 68.7 Å². The summed E-state index contributed by atoms with van der Waals surface area (Å²) in [5.74, 6) is -1.44. The molecule has 2 aromatic carbocycles. The number of halogens is 3. The Hall–Kier alpha value is -3.20. The maximum atomic E-state index is 12.4. The molecule has 0 unspecified atom stereocenters. The molecule has 0 saturated heterocycles. The Labute approximate surface area is 163 Å². The van der Waals surface area contributed by atoms with E-state index in [-0.39, 0.29) is 11.3 Å². The van der Waals surface area contributed by atoms with Gasteiger partial charge in [0.05, 0.1) is 23.7 Å². The van der Waals surface area contributed by atoms with Crippen LogP contribution in [0, 0.1) is 10.1 Å². The molecule has 0 saturated carbocycles. The fourth-order valence-electron chi connectivity index (χ4n) is 2.19. The number of carbonyl (C=O) groups excluding carboxylic acids is 1. The van der Waals surface area contributed by atoms with Gasteiger partial charge in [-0.2, -0.15) is 8.78 Å². The SMILES string of the molecule is COc1cc(COC(=O)/C=C/c2ccccc2Cl)c([N+](=O)[O-])cc1OC(F)F. The molecular weight excluding hydrogens is 400 g/mol. The topological polar surface area (TPSA) is 87.9 Å². The third-order valence-electron chi connectivity index (χ3n) is 3.45. The molecule has 28 heavy (non-hydrogen) atoms. The number of benzene rings is 2. The Morgan fingerprint density at radius 3 is 2.61 bits per heavy atom. The molecule has 0 spiro atoms. The van der Waals surface area contributed by atoms with Crippen LogP contribution in [0.4, 0.5) is 14.5 Å². The third kappa shape index (κ3) is 5.65. The molecule has 10 heteroatoms. The smallest absolute Gasteiger partial charge is 0.387 e. The second kappa shape index (κ2) is 9.65. The zero-order chi connectivity index (χ0) is 20.7. The summed E-state index contributed by atoms with van der Waals surface area (Å²) in [6, 6.07) is 8.67. The van der Waals surface area contributed by atoms with Crippen LogP contribution < -0.4 is 9.47 Å². The van der Waals surface area contributed by atoms with E-state index in [1.165, 1.54) is 13.2 Å². The van der Waals surface area contributed by atoms with E-state index in [2.05, 4.69) is 4.74 Å². The Morgan fingerprint density at radius 2 is 2.00 bits per heavy atom. The van der Waals surface area contributed by atoms with Crippen LogP contribution in [0.2, 0.25) is 5.02 Å². The highest BCUT2D eigenvalue weighted by Gasteiger charge is 2.22. The zero-order valence-electron chi connectivity index (χ0n) is 14.4. The van der Waals surface area contributed by atoms with E-state index in [1.807, 2.05) is 0 Å². The van der Waals surface area contributed by atoms with Crippen molar-refractivity contribution in [3.8, 4) is 11.5 Å². The molecule has 0 N–H and O–H groups in total. The Morgan fingerprint density at radius 1 is 1.29 bits per heavy atom. The van der Waals surface area contributed by atoms with E-state index in [1.54, 1.807) is 24.3 Å². The monoisotopic (exact) mass is 413 g/mol. The van der Waals surface area contributed by atoms with Crippen LogP contribution >= 0.6 is 11.6 Å². The van der Waals surface area contributed by atoms with E-state index >= 15 is 0 Å². The van der Waals surface area contributed by atoms with E-state index < -0.39 is 35.5 Å². The lowest BCUT2D eigenvalue weighted by Crippen LogP contribution is -2.07. The number of carbonyl (C=O) groups is 1. The Bertz CT molecular complexity index is 904. The number of alkyl halides is 2. The van der Waals surface area contributed by atoms with Gasteiger partial charge in [0.25, 0.3) is 5.69 Å². The predicted octanol–water partition coefficient (Wildman–Crippen LogP) is 4.61. The minimum Gasteiger partial charge on any atom is -0.493 e. The van der Waals surface area contributed by atoms with Crippen LogP contribution in [0.1, 0.15) is 11.1 Å². The summed E-state index contributed by atoms with van der Waals surface area (Å²) in [7, 11) is 1.18. The van der Waals surface area contributed by atoms with Gasteiger partial charge in [-0.3, -0.25) is 10.1 Å². The van der Waals surface area contributed by atoms with E-state index in [4.69, 9.17) is 21.1 Å². The van der Waals surface area contributed by atoms with Gasteiger partial charge >= 0.3 is 12.6 Å². The summed E-state index contributed by atoms with van der Waals surface area (Å²) in [6.07, 6.45) is 2.54. The first-order valence-electron chi connectivity index (χ1n) is 7.71. The van der Waals surface area contributed by atoms with Gasteiger partial charge in [-0.1, -0.05) is 29.8 Å². The third-order valence-corrected chi connectivity index (χ3v) is 3.80. The number of nitrogens with zero attached hydrogens (tertiary/aromatic N) is 1. The van der Waals surface area contributed by atoms with Crippen molar-refractivity contribution in [2.24, 2.45) is 0 Å². The second-order valence-corrected chi connectivity index (χ2v) is 5.64. The Kier molecular flexibility index (Phi) is 7.28. The summed E-state index contributed by atoms with van der Waals surface area (Å²) < 4.78 is 39.0. The highest BCUT2D eigenvalue weighted by molar-refractivity contribution is 6.32. The molecule has 0 aromatic heterocycles. The number of ether oxygens (including phenoxy) is 3. The highest BCUT2D eigenvalue weighted by atomic mass is 35.5.